The predicted molar refractivity (Wildman–Crippen MR) is 72.4 cm³/mol. The number of carbonyl (C=O) groups is 1. The lowest BCUT2D eigenvalue weighted by atomic mass is 10.2. The molecule has 9 nitrogen and oxygen atoms in total. The van der Waals surface area contributed by atoms with Crippen molar-refractivity contribution < 1.29 is 14.5 Å². The second-order valence-corrected chi connectivity index (χ2v) is 4.18. The molecule has 2 rings (SSSR count). The first-order chi connectivity index (χ1) is 10.0. The summed E-state index contributed by atoms with van der Waals surface area (Å²) in [6.45, 7) is 1.72. The fourth-order valence-electron chi connectivity index (χ4n) is 1.77. The molecule has 0 aliphatic rings. The van der Waals surface area contributed by atoms with E-state index in [4.69, 9.17) is 10.6 Å². The highest BCUT2D eigenvalue weighted by molar-refractivity contribution is 5.95. The Balaban J connectivity index is 2.10. The topological polar surface area (TPSA) is 136 Å². The van der Waals surface area contributed by atoms with Crippen LogP contribution in [-0.2, 0) is 6.61 Å². The Bertz CT molecular complexity index is 665. The number of nitrogens with two attached hydrogens (primary N) is 1. The zero-order valence-corrected chi connectivity index (χ0v) is 11.1. The van der Waals surface area contributed by atoms with Crippen LogP contribution in [0.4, 0.5) is 5.69 Å². The van der Waals surface area contributed by atoms with Crippen LogP contribution >= 0.6 is 0 Å². The first kappa shape index (κ1) is 14.5. The van der Waals surface area contributed by atoms with Gasteiger partial charge in [-0.25, -0.2) is 5.84 Å². The van der Waals surface area contributed by atoms with Crippen LogP contribution in [0.5, 0.6) is 5.75 Å². The normalized spacial score (nSPS) is 10.2. The molecule has 0 atom stereocenters. The molecule has 0 aliphatic carbocycles. The molecule has 9 heteroatoms. The molecule has 0 saturated heterocycles. The van der Waals surface area contributed by atoms with Crippen molar-refractivity contribution in [3.8, 4) is 5.75 Å². The Hall–Kier alpha value is -2.94. The maximum atomic E-state index is 11.6. The Morgan fingerprint density at radius 1 is 1.48 bits per heavy atom. The smallest absolute Gasteiger partial charge is 0.269 e. The lowest BCUT2D eigenvalue weighted by Crippen LogP contribution is -2.31. The largest absolute Gasteiger partial charge is 0.487 e. The molecule has 0 spiro atoms. The summed E-state index contributed by atoms with van der Waals surface area (Å²) in [5, 5.41) is 17.2. The number of aryl methyl sites for hydroxylation is 1. The molecule has 0 saturated carbocycles. The van der Waals surface area contributed by atoms with Crippen molar-refractivity contribution >= 4 is 11.6 Å². The van der Waals surface area contributed by atoms with Crippen molar-refractivity contribution in [1.29, 1.82) is 0 Å². The van der Waals surface area contributed by atoms with Crippen molar-refractivity contribution in [2.75, 3.05) is 0 Å². The monoisotopic (exact) mass is 291 g/mol. The number of nitrogens with one attached hydrogen (secondary N) is 2. The summed E-state index contributed by atoms with van der Waals surface area (Å²) < 4.78 is 5.45. The van der Waals surface area contributed by atoms with E-state index in [1.807, 2.05) is 5.43 Å². The third kappa shape index (κ3) is 3.15. The number of benzene rings is 1. The molecule has 21 heavy (non-hydrogen) atoms. The van der Waals surface area contributed by atoms with E-state index in [1.165, 1.54) is 24.3 Å². The number of aromatic amines is 1. The third-order valence-electron chi connectivity index (χ3n) is 2.80. The third-order valence-corrected chi connectivity index (χ3v) is 2.80. The number of rotatable bonds is 5. The van der Waals surface area contributed by atoms with Crippen LogP contribution in [0.2, 0.25) is 0 Å². The van der Waals surface area contributed by atoms with Crippen LogP contribution in [0.25, 0.3) is 0 Å². The van der Waals surface area contributed by atoms with Gasteiger partial charge in [-0.15, -0.1) is 0 Å². The molecule has 1 aromatic carbocycles. The van der Waals surface area contributed by atoms with Crippen molar-refractivity contribution in [2.45, 2.75) is 13.5 Å². The molecule has 110 valence electrons. The minimum atomic E-state index is -0.495. The van der Waals surface area contributed by atoms with Gasteiger partial charge in [-0.3, -0.25) is 25.4 Å². The fraction of sp³-hybridized carbons (Fsp3) is 0.167. The van der Waals surface area contributed by atoms with E-state index in [0.717, 1.165) is 0 Å². The summed E-state index contributed by atoms with van der Waals surface area (Å²) in [5.74, 6) is 5.07. The molecule has 1 heterocycles. The summed E-state index contributed by atoms with van der Waals surface area (Å²) in [7, 11) is 0. The maximum absolute atomic E-state index is 11.6. The number of carbonyl (C=O) groups excluding carboxylic acids is 1. The van der Waals surface area contributed by atoms with Crippen LogP contribution in [0.1, 0.15) is 21.7 Å². The Morgan fingerprint density at radius 2 is 2.14 bits per heavy atom. The zero-order valence-electron chi connectivity index (χ0n) is 11.1. The van der Waals surface area contributed by atoms with Crippen molar-refractivity contribution in [1.82, 2.24) is 15.6 Å². The van der Waals surface area contributed by atoms with E-state index in [9.17, 15) is 14.9 Å². The lowest BCUT2D eigenvalue weighted by Gasteiger charge is -2.06. The van der Waals surface area contributed by atoms with Gasteiger partial charge in [-0.2, -0.15) is 5.10 Å². The summed E-state index contributed by atoms with van der Waals surface area (Å²) in [5.41, 5.74) is 3.30. The number of nitro benzene ring substituents is 1. The van der Waals surface area contributed by atoms with E-state index in [-0.39, 0.29) is 12.3 Å². The van der Waals surface area contributed by atoms with Crippen LogP contribution < -0.4 is 16.0 Å². The van der Waals surface area contributed by atoms with E-state index >= 15 is 0 Å². The van der Waals surface area contributed by atoms with Crippen molar-refractivity contribution in [2.24, 2.45) is 5.84 Å². The quantitative estimate of drug-likeness (QED) is 0.323. The molecule has 0 fully saturated rings. The first-order valence-electron chi connectivity index (χ1n) is 5.95. The van der Waals surface area contributed by atoms with E-state index in [2.05, 4.69) is 10.2 Å². The second-order valence-electron chi connectivity index (χ2n) is 4.18. The highest BCUT2D eigenvalue weighted by atomic mass is 16.6. The van der Waals surface area contributed by atoms with Crippen molar-refractivity contribution in [3.05, 3.63) is 51.3 Å². The minimum Gasteiger partial charge on any atom is -0.487 e. The molecule has 0 bridgehead atoms. The molecule has 2 aromatic rings. The Kier molecular flexibility index (Phi) is 4.14. The van der Waals surface area contributed by atoms with Gasteiger partial charge >= 0.3 is 0 Å². The number of nitrogens with zero attached hydrogens (tertiary/aromatic N) is 2. The van der Waals surface area contributed by atoms with E-state index in [0.29, 0.717) is 22.7 Å². The number of nitrogen functional groups attached to an aromatic ring is 1. The molecule has 4 N–H and O–H groups in total. The SMILES string of the molecule is Cc1[nH]nc(COc2ccc([N+](=O)[O-])cc2)c1C(=O)NN. The van der Waals surface area contributed by atoms with Gasteiger partial charge in [0.2, 0.25) is 0 Å². The van der Waals surface area contributed by atoms with Crippen molar-refractivity contribution in [3.63, 3.8) is 0 Å². The van der Waals surface area contributed by atoms with Gasteiger partial charge in [-0.1, -0.05) is 0 Å². The Labute approximate surface area is 119 Å². The lowest BCUT2D eigenvalue weighted by molar-refractivity contribution is -0.384. The number of aromatic nitrogens is 2. The number of nitro groups is 1. The number of hydrogen-bond donors (Lipinski definition) is 3. The number of H-pyrrole nitrogens is 1. The summed E-state index contributed by atoms with van der Waals surface area (Å²) in [6.07, 6.45) is 0. The van der Waals surface area contributed by atoms with Gasteiger partial charge < -0.3 is 4.74 Å². The number of hydrogen-bond acceptors (Lipinski definition) is 6. The zero-order chi connectivity index (χ0) is 15.4. The summed E-state index contributed by atoms with van der Waals surface area (Å²) in [4.78, 5) is 21.7. The van der Waals surface area contributed by atoms with Gasteiger partial charge in [-0.05, 0) is 19.1 Å². The highest BCUT2D eigenvalue weighted by Crippen LogP contribution is 2.19. The van der Waals surface area contributed by atoms with Gasteiger partial charge in [0.1, 0.15) is 18.1 Å². The van der Waals surface area contributed by atoms with Gasteiger partial charge in [0, 0.05) is 17.8 Å². The van der Waals surface area contributed by atoms with E-state index < -0.39 is 10.8 Å². The molecular formula is C12H13N5O4. The molecule has 0 unspecified atom stereocenters. The molecule has 1 aromatic heterocycles. The number of non-ortho nitro benzene ring substituents is 1. The molecular weight excluding hydrogens is 278 g/mol. The Morgan fingerprint density at radius 3 is 2.71 bits per heavy atom. The van der Waals surface area contributed by atoms with E-state index in [1.54, 1.807) is 6.92 Å². The van der Waals surface area contributed by atoms with Gasteiger partial charge in [0.15, 0.2) is 0 Å². The molecule has 0 radical (unpaired) electrons. The first-order valence-corrected chi connectivity index (χ1v) is 5.95. The minimum absolute atomic E-state index is 0.0267. The number of hydrazine groups is 1. The summed E-state index contributed by atoms with van der Waals surface area (Å²) >= 11 is 0. The standard InChI is InChI=1S/C12H13N5O4/c1-7-11(12(18)14-13)10(16-15-7)6-21-9-4-2-8(3-5-9)17(19)20/h2-5H,6,13H2,1H3,(H,14,18)(H,15,16). The fourth-order valence-corrected chi connectivity index (χ4v) is 1.77. The summed E-state index contributed by atoms with van der Waals surface area (Å²) in [6, 6.07) is 5.61. The second kappa shape index (κ2) is 6.01. The molecule has 1 amide bonds. The maximum Gasteiger partial charge on any atom is 0.269 e. The van der Waals surface area contributed by atoms with Gasteiger partial charge in [0.25, 0.3) is 11.6 Å². The van der Waals surface area contributed by atoms with Gasteiger partial charge in [0.05, 0.1) is 10.5 Å². The average molecular weight is 291 g/mol. The van der Waals surface area contributed by atoms with Crippen LogP contribution in [0, 0.1) is 17.0 Å². The average Bonchev–Trinajstić information content (AvgIpc) is 2.85. The predicted octanol–water partition coefficient (Wildman–Crippen LogP) is 0.809. The van der Waals surface area contributed by atoms with Crippen LogP contribution in [0.3, 0.4) is 0 Å². The van der Waals surface area contributed by atoms with Crippen LogP contribution in [-0.4, -0.2) is 21.0 Å². The molecule has 0 aliphatic heterocycles. The number of amides is 1. The number of ether oxygens (including phenoxy) is 1. The van der Waals surface area contributed by atoms with Crippen LogP contribution in [0.15, 0.2) is 24.3 Å². The highest BCUT2D eigenvalue weighted by Gasteiger charge is 2.17.